The summed E-state index contributed by atoms with van der Waals surface area (Å²) in [6.45, 7) is 3.86. The SMILES string of the molecule is CNc1ncc(C)c(NCCN(C)C)n1. The van der Waals surface area contributed by atoms with Crippen LogP contribution in [-0.4, -0.2) is 49.1 Å². The number of rotatable bonds is 5. The molecule has 0 unspecified atom stereocenters. The molecule has 0 saturated heterocycles. The predicted molar refractivity (Wildman–Crippen MR) is 63.4 cm³/mol. The van der Waals surface area contributed by atoms with Crippen molar-refractivity contribution in [3.05, 3.63) is 11.8 Å². The molecule has 0 aromatic carbocycles. The van der Waals surface area contributed by atoms with Crippen molar-refractivity contribution in [2.45, 2.75) is 6.92 Å². The normalized spacial score (nSPS) is 10.5. The van der Waals surface area contributed by atoms with Crippen molar-refractivity contribution in [3.63, 3.8) is 0 Å². The van der Waals surface area contributed by atoms with Gasteiger partial charge in [-0.15, -0.1) is 0 Å². The fourth-order valence-electron chi connectivity index (χ4n) is 1.14. The van der Waals surface area contributed by atoms with Gasteiger partial charge in [-0.2, -0.15) is 4.98 Å². The molecule has 0 saturated carbocycles. The largest absolute Gasteiger partial charge is 0.368 e. The maximum absolute atomic E-state index is 4.34. The van der Waals surface area contributed by atoms with E-state index in [2.05, 4.69) is 25.5 Å². The van der Waals surface area contributed by atoms with E-state index < -0.39 is 0 Å². The first kappa shape index (κ1) is 11.7. The summed E-state index contributed by atoms with van der Waals surface area (Å²) in [6.07, 6.45) is 1.82. The Bertz CT molecular complexity index is 311. The minimum absolute atomic E-state index is 0.646. The van der Waals surface area contributed by atoms with Crippen LogP contribution in [-0.2, 0) is 0 Å². The number of anilines is 2. The summed E-state index contributed by atoms with van der Waals surface area (Å²) in [6, 6.07) is 0. The number of likely N-dealkylation sites (N-methyl/N-ethyl adjacent to an activating group) is 1. The molecule has 0 fully saturated rings. The maximum Gasteiger partial charge on any atom is 0.224 e. The number of hydrogen-bond donors (Lipinski definition) is 2. The maximum atomic E-state index is 4.34. The minimum atomic E-state index is 0.646. The van der Waals surface area contributed by atoms with E-state index in [1.807, 2.05) is 34.3 Å². The highest BCUT2D eigenvalue weighted by Gasteiger charge is 2.01. The van der Waals surface area contributed by atoms with Crippen LogP contribution in [0.4, 0.5) is 11.8 Å². The second-order valence-electron chi connectivity index (χ2n) is 3.71. The van der Waals surface area contributed by atoms with E-state index in [0.29, 0.717) is 5.95 Å². The first-order chi connectivity index (χ1) is 7.13. The molecule has 1 aromatic rings. The third kappa shape index (κ3) is 3.71. The molecule has 1 aromatic heterocycles. The quantitative estimate of drug-likeness (QED) is 0.751. The van der Waals surface area contributed by atoms with Crippen LogP contribution in [0.3, 0.4) is 0 Å². The van der Waals surface area contributed by atoms with Crippen molar-refractivity contribution in [2.24, 2.45) is 0 Å². The Morgan fingerprint density at radius 3 is 2.73 bits per heavy atom. The Kier molecular flexibility index (Phi) is 4.30. The number of hydrogen-bond acceptors (Lipinski definition) is 5. The average Bonchev–Trinajstić information content (AvgIpc) is 2.20. The van der Waals surface area contributed by atoms with Gasteiger partial charge in [-0.1, -0.05) is 0 Å². The van der Waals surface area contributed by atoms with Gasteiger partial charge in [0.15, 0.2) is 0 Å². The van der Waals surface area contributed by atoms with Gasteiger partial charge in [-0.25, -0.2) is 4.98 Å². The summed E-state index contributed by atoms with van der Waals surface area (Å²) in [4.78, 5) is 10.6. The Hall–Kier alpha value is -1.36. The van der Waals surface area contributed by atoms with Crippen LogP contribution in [0.25, 0.3) is 0 Å². The molecule has 0 radical (unpaired) electrons. The number of aryl methyl sites for hydroxylation is 1. The third-order valence-corrected chi connectivity index (χ3v) is 2.05. The standard InChI is InChI=1S/C10H19N5/c1-8-7-13-10(11-2)14-9(8)12-5-6-15(3)4/h7H,5-6H2,1-4H3,(H2,11,12,13,14). The molecule has 0 amide bonds. The zero-order valence-corrected chi connectivity index (χ0v) is 9.83. The molecule has 5 heteroatoms. The van der Waals surface area contributed by atoms with Crippen molar-refractivity contribution in [2.75, 3.05) is 44.9 Å². The highest BCUT2D eigenvalue weighted by molar-refractivity contribution is 5.46. The van der Waals surface area contributed by atoms with Crippen LogP contribution >= 0.6 is 0 Å². The molecule has 0 atom stereocenters. The Morgan fingerprint density at radius 1 is 1.40 bits per heavy atom. The molecular weight excluding hydrogens is 190 g/mol. The van der Waals surface area contributed by atoms with Crippen LogP contribution in [0.2, 0.25) is 0 Å². The van der Waals surface area contributed by atoms with E-state index in [1.165, 1.54) is 0 Å². The molecule has 1 rings (SSSR count). The lowest BCUT2D eigenvalue weighted by Crippen LogP contribution is -2.21. The molecule has 0 aliphatic heterocycles. The monoisotopic (exact) mass is 209 g/mol. The van der Waals surface area contributed by atoms with Crippen LogP contribution in [0.15, 0.2) is 6.20 Å². The van der Waals surface area contributed by atoms with Gasteiger partial charge in [0.2, 0.25) is 5.95 Å². The van der Waals surface area contributed by atoms with Crippen molar-refractivity contribution < 1.29 is 0 Å². The lowest BCUT2D eigenvalue weighted by molar-refractivity contribution is 0.425. The van der Waals surface area contributed by atoms with Crippen LogP contribution in [0, 0.1) is 6.92 Å². The van der Waals surface area contributed by atoms with E-state index in [-0.39, 0.29) is 0 Å². The molecule has 5 nitrogen and oxygen atoms in total. The minimum Gasteiger partial charge on any atom is -0.368 e. The lowest BCUT2D eigenvalue weighted by Gasteiger charge is -2.12. The summed E-state index contributed by atoms with van der Waals surface area (Å²) in [5.74, 6) is 1.55. The van der Waals surface area contributed by atoms with Crippen molar-refractivity contribution >= 4 is 11.8 Å². The van der Waals surface area contributed by atoms with E-state index in [1.54, 1.807) is 0 Å². The second-order valence-corrected chi connectivity index (χ2v) is 3.71. The smallest absolute Gasteiger partial charge is 0.224 e. The molecule has 0 spiro atoms. The fraction of sp³-hybridized carbons (Fsp3) is 0.600. The van der Waals surface area contributed by atoms with E-state index in [9.17, 15) is 0 Å². The highest BCUT2D eigenvalue weighted by Crippen LogP contribution is 2.11. The lowest BCUT2D eigenvalue weighted by atomic mass is 10.3. The molecule has 0 bridgehead atoms. The number of aromatic nitrogens is 2. The van der Waals surface area contributed by atoms with Gasteiger partial charge >= 0.3 is 0 Å². The number of nitrogens with one attached hydrogen (secondary N) is 2. The van der Waals surface area contributed by atoms with Gasteiger partial charge in [0.1, 0.15) is 5.82 Å². The van der Waals surface area contributed by atoms with E-state index in [0.717, 1.165) is 24.5 Å². The van der Waals surface area contributed by atoms with Crippen molar-refractivity contribution in [1.29, 1.82) is 0 Å². The topological polar surface area (TPSA) is 53.1 Å². The van der Waals surface area contributed by atoms with Gasteiger partial charge in [-0.3, -0.25) is 0 Å². The number of nitrogens with zero attached hydrogens (tertiary/aromatic N) is 3. The van der Waals surface area contributed by atoms with E-state index in [4.69, 9.17) is 0 Å². The average molecular weight is 209 g/mol. The van der Waals surface area contributed by atoms with Gasteiger partial charge in [0.25, 0.3) is 0 Å². The molecule has 2 N–H and O–H groups in total. The summed E-state index contributed by atoms with van der Waals surface area (Å²) < 4.78 is 0. The van der Waals surface area contributed by atoms with Crippen LogP contribution < -0.4 is 10.6 Å². The summed E-state index contributed by atoms with van der Waals surface area (Å²) in [5, 5.41) is 6.21. The van der Waals surface area contributed by atoms with Gasteiger partial charge in [-0.05, 0) is 21.0 Å². The van der Waals surface area contributed by atoms with Gasteiger partial charge in [0.05, 0.1) is 0 Å². The first-order valence-electron chi connectivity index (χ1n) is 5.03. The summed E-state index contributed by atoms with van der Waals surface area (Å²) in [7, 11) is 5.91. The van der Waals surface area contributed by atoms with E-state index >= 15 is 0 Å². The molecule has 0 aliphatic carbocycles. The fourth-order valence-corrected chi connectivity index (χ4v) is 1.14. The highest BCUT2D eigenvalue weighted by atomic mass is 15.1. The van der Waals surface area contributed by atoms with Crippen molar-refractivity contribution in [1.82, 2.24) is 14.9 Å². The first-order valence-corrected chi connectivity index (χ1v) is 5.03. The Morgan fingerprint density at radius 2 is 2.13 bits per heavy atom. The predicted octanol–water partition coefficient (Wildman–Crippen LogP) is 0.800. The summed E-state index contributed by atoms with van der Waals surface area (Å²) >= 11 is 0. The van der Waals surface area contributed by atoms with Gasteiger partial charge < -0.3 is 15.5 Å². The zero-order chi connectivity index (χ0) is 11.3. The van der Waals surface area contributed by atoms with Crippen LogP contribution in [0.5, 0.6) is 0 Å². The molecule has 15 heavy (non-hydrogen) atoms. The van der Waals surface area contributed by atoms with Crippen LogP contribution in [0.1, 0.15) is 5.56 Å². The molecule has 0 aliphatic rings. The Labute approximate surface area is 90.9 Å². The molecule has 84 valence electrons. The van der Waals surface area contributed by atoms with Crippen molar-refractivity contribution in [3.8, 4) is 0 Å². The Balaban J connectivity index is 2.59. The summed E-state index contributed by atoms with van der Waals surface area (Å²) in [5.41, 5.74) is 1.06. The zero-order valence-electron chi connectivity index (χ0n) is 9.83. The molecular formula is C10H19N5. The van der Waals surface area contributed by atoms with Gasteiger partial charge in [0, 0.05) is 31.9 Å². The third-order valence-electron chi connectivity index (χ3n) is 2.05. The second kappa shape index (κ2) is 5.50. The molecule has 1 heterocycles.